The van der Waals surface area contributed by atoms with E-state index in [1.807, 2.05) is 12.3 Å². The van der Waals surface area contributed by atoms with Gasteiger partial charge in [-0.15, -0.1) is 11.3 Å². The number of nitrogens with one attached hydrogen (secondary N) is 1. The van der Waals surface area contributed by atoms with Crippen LogP contribution in [-0.2, 0) is 26.1 Å². The highest BCUT2D eigenvalue weighted by Crippen LogP contribution is 2.22. The number of hydrogen-bond donors (Lipinski definition) is 1. The van der Waals surface area contributed by atoms with Crippen molar-refractivity contribution >= 4 is 27.3 Å². The van der Waals surface area contributed by atoms with Crippen molar-refractivity contribution in [1.82, 2.24) is 9.71 Å². The Morgan fingerprint density at radius 3 is 2.67 bits per heavy atom. The van der Waals surface area contributed by atoms with Crippen LogP contribution in [-0.4, -0.2) is 33.1 Å². The van der Waals surface area contributed by atoms with Crippen molar-refractivity contribution in [3.05, 3.63) is 39.8 Å². The molecule has 0 bridgehead atoms. The van der Waals surface area contributed by atoms with Crippen molar-refractivity contribution in [2.45, 2.75) is 25.3 Å². The summed E-state index contributed by atoms with van der Waals surface area (Å²) in [5.41, 5.74) is 1.28. The maximum atomic E-state index is 12.3. The van der Waals surface area contributed by atoms with Crippen molar-refractivity contribution in [2.75, 3.05) is 13.7 Å². The molecule has 1 aromatic heterocycles. The Bertz CT molecular complexity index is 830. The third kappa shape index (κ3) is 4.76. The molecule has 2 aromatic rings. The number of carbonyl (C=O) groups excluding carboxylic acids is 1. The first kappa shape index (κ1) is 18.4. The Hall–Kier alpha value is -1.97. The van der Waals surface area contributed by atoms with Gasteiger partial charge in [0.1, 0.15) is 5.75 Å². The van der Waals surface area contributed by atoms with Gasteiger partial charge in [0.05, 0.1) is 29.3 Å². The molecule has 1 aromatic carbocycles. The van der Waals surface area contributed by atoms with Crippen molar-refractivity contribution in [3.63, 3.8) is 0 Å². The van der Waals surface area contributed by atoms with Crippen molar-refractivity contribution in [1.29, 1.82) is 0 Å². The van der Waals surface area contributed by atoms with Gasteiger partial charge in [0, 0.05) is 5.38 Å². The maximum absolute atomic E-state index is 12.3. The number of ether oxygens (including phenoxy) is 2. The highest BCUT2D eigenvalue weighted by molar-refractivity contribution is 7.89. The fraction of sp³-hybridized carbons (Fsp3) is 0.333. The minimum Gasteiger partial charge on any atom is -0.482 e. The van der Waals surface area contributed by atoms with Crippen LogP contribution in [0, 0.1) is 13.8 Å². The number of aryl methyl sites for hydroxylation is 2. The van der Waals surface area contributed by atoms with Crippen molar-refractivity contribution < 1.29 is 22.7 Å². The Morgan fingerprint density at radius 1 is 1.33 bits per heavy atom. The quantitative estimate of drug-likeness (QED) is 0.747. The molecule has 0 radical (unpaired) electrons. The first-order valence-corrected chi connectivity index (χ1v) is 9.39. The van der Waals surface area contributed by atoms with Crippen LogP contribution in [0.1, 0.15) is 16.3 Å². The molecule has 0 saturated heterocycles. The van der Waals surface area contributed by atoms with Gasteiger partial charge in [0.15, 0.2) is 6.61 Å². The summed E-state index contributed by atoms with van der Waals surface area (Å²) >= 11 is 1.46. The lowest BCUT2D eigenvalue weighted by Crippen LogP contribution is -2.23. The molecule has 0 fully saturated rings. The van der Waals surface area contributed by atoms with E-state index < -0.39 is 16.0 Å². The van der Waals surface area contributed by atoms with Crippen LogP contribution in [0.25, 0.3) is 0 Å². The Morgan fingerprint density at radius 2 is 2.08 bits per heavy atom. The number of carbonyl (C=O) groups is 1. The van der Waals surface area contributed by atoms with Gasteiger partial charge >= 0.3 is 5.97 Å². The third-order valence-electron chi connectivity index (χ3n) is 3.14. The average Bonchev–Trinajstić information content (AvgIpc) is 2.97. The van der Waals surface area contributed by atoms with E-state index in [-0.39, 0.29) is 18.0 Å². The molecule has 0 saturated carbocycles. The predicted octanol–water partition coefficient (Wildman–Crippen LogP) is 1.79. The highest BCUT2D eigenvalue weighted by Gasteiger charge is 2.16. The van der Waals surface area contributed by atoms with Gasteiger partial charge in [0.25, 0.3) is 0 Å². The smallest absolute Gasteiger partial charge is 0.343 e. The monoisotopic (exact) mass is 370 g/mol. The van der Waals surface area contributed by atoms with E-state index >= 15 is 0 Å². The number of benzene rings is 1. The molecule has 0 aliphatic heterocycles. The standard InChI is InChI=1S/C15H18N2O5S2/c1-10-6-13(4-5-14(10)22-8-15(18)21-3)24(19,20)16-7-12-9-23-11(2)17-12/h4-6,9,16H,7-8H2,1-3H3. The minimum absolute atomic E-state index is 0.123. The van der Waals surface area contributed by atoms with E-state index in [2.05, 4.69) is 14.4 Å². The van der Waals surface area contributed by atoms with E-state index in [1.165, 1.54) is 36.6 Å². The molecule has 0 atom stereocenters. The summed E-state index contributed by atoms with van der Waals surface area (Å²) in [4.78, 5) is 15.4. The molecule has 0 amide bonds. The zero-order valence-electron chi connectivity index (χ0n) is 13.5. The number of thiazole rings is 1. The lowest BCUT2D eigenvalue weighted by Gasteiger charge is -2.10. The molecular weight excluding hydrogens is 352 g/mol. The number of rotatable bonds is 7. The SMILES string of the molecule is COC(=O)COc1ccc(S(=O)(=O)NCc2csc(C)n2)cc1C. The molecule has 2 rings (SSSR count). The van der Waals surface area contributed by atoms with Crippen molar-refractivity contribution in [2.24, 2.45) is 0 Å². The van der Waals surface area contributed by atoms with Gasteiger partial charge in [-0.2, -0.15) is 0 Å². The first-order chi connectivity index (χ1) is 11.3. The molecule has 0 unspecified atom stereocenters. The summed E-state index contributed by atoms with van der Waals surface area (Å²) in [5.74, 6) is -0.0826. The van der Waals surface area contributed by atoms with Crippen LogP contribution in [0.3, 0.4) is 0 Å². The zero-order chi connectivity index (χ0) is 17.7. The number of esters is 1. The average molecular weight is 370 g/mol. The highest BCUT2D eigenvalue weighted by atomic mass is 32.2. The van der Waals surface area contributed by atoms with Crippen molar-refractivity contribution in [3.8, 4) is 5.75 Å². The number of methoxy groups -OCH3 is 1. The van der Waals surface area contributed by atoms with Crippen LogP contribution in [0.15, 0.2) is 28.5 Å². The molecule has 7 nitrogen and oxygen atoms in total. The Labute approximate surface area is 144 Å². The lowest BCUT2D eigenvalue weighted by molar-refractivity contribution is -0.142. The van der Waals surface area contributed by atoms with Gasteiger partial charge in [-0.1, -0.05) is 0 Å². The fourth-order valence-electron chi connectivity index (χ4n) is 1.89. The van der Waals surface area contributed by atoms with E-state index in [9.17, 15) is 13.2 Å². The second-order valence-corrected chi connectivity index (χ2v) is 7.80. The lowest BCUT2D eigenvalue weighted by atomic mass is 10.2. The largest absolute Gasteiger partial charge is 0.482 e. The molecule has 1 heterocycles. The molecule has 0 spiro atoms. The molecule has 24 heavy (non-hydrogen) atoms. The van der Waals surface area contributed by atoms with Gasteiger partial charge < -0.3 is 9.47 Å². The number of hydrogen-bond acceptors (Lipinski definition) is 7. The minimum atomic E-state index is -3.66. The normalized spacial score (nSPS) is 11.3. The topological polar surface area (TPSA) is 94.6 Å². The van der Waals surface area contributed by atoms with Crippen LogP contribution in [0.5, 0.6) is 5.75 Å². The molecule has 0 aliphatic rings. The van der Waals surface area contributed by atoms with E-state index in [1.54, 1.807) is 6.92 Å². The maximum Gasteiger partial charge on any atom is 0.343 e. The summed E-state index contributed by atoms with van der Waals surface area (Å²) in [6.07, 6.45) is 0. The summed E-state index contributed by atoms with van der Waals surface area (Å²) in [5, 5.41) is 2.69. The van der Waals surface area contributed by atoms with Gasteiger partial charge in [-0.3, -0.25) is 0 Å². The second-order valence-electron chi connectivity index (χ2n) is 4.97. The summed E-state index contributed by atoms with van der Waals surface area (Å²) in [6, 6.07) is 4.43. The molecule has 0 aliphatic carbocycles. The Kier molecular flexibility index (Phi) is 5.92. The van der Waals surface area contributed by atoms with Crippen LogP contribution < -0.4 is 9.46 Å². The Balaban J connectivity index is 2.07. The van der Waals surface area contributed by atoms with Gasteiger partial charge in [-0.05, 0) is 37.6 Å². The molecule has 9 heteroatoms. The fourth-order valence-corrected chi connectivity index (χ4v) is 3.58. The number of nitrogens with zero attached hydrogens (tertiary/aromatic N) is 1. The molecule has 1 N–H and O–H groups in total. The summed E-state index contributed by atoms with van der Waals surface area (Å²) in [6.45, 7) is 3.46. The van der Waals surface area contributed by atoms with E-state index in [4.69, 9.17) is 4.74 Å². The van der Waals surface area contributed by atoms with E-state index in [0.717, 1.165) is 5.01 Å². The van der Waals surface area contributed by atoms with Crippen LogP contribution in [0.2, 0.25) is 0 Å². The van der Waals surface area contributed by atoms with Gasteiger partial charge in [0.2, 0.25) is 10.0 Å². The molecule has 130 valence electrons. The third-order valence-corrected chi connectivity index (χ3v) is 5.36. The second kappa shape index (κ2) is 7.73. The van der Waals surface area contributed by atoms with E-state index in [0.29, 0.717) is 17.0 Å². The number of sulfonamides is 1. The van der Waals surface area contributed by atoms with Gasteiger partial charge in [-0.25, -0.2) is 22.9 Å². The molecular formula is C15H18N2O5S2. The van der Waals surface area contributed by atoms with Crippen LogP contribution in [0.4, 0.5) is 0 Å². The zero-order valence-corrected chi connectivity index (χ0v) is 15.2. The number of aromatic nitrogens is 1. The summed E-state index contributed by atoms with van der Waals surface area (Å²) in [7, 11) is -2.39. The van der Waals surface area contributed by atoms with Crippen LogP contribution >= 0.6 is 11.3 Å². The predicted molar refractivity (Wildman–Crippen MR) is 89.6 cm³/mol. The summed E-state index contributed by atoms with van der Waals surface area (Å²) < 4.78 is 37.0. The first-order valence-electron chi connectivity index (χ1n) is 7.03.